The summed E-state index contributed by atoms with van der Waals surface area (Å²) >= 11 is 11.6. The smallest absolute Gasteiger partial charge is 0.130 e. The molecular weight excluding hydrogens is 267 g/mol. The van der Waals surface area contributed by atoms with Crippen LogP contribution in [0.15, 0.2) is 42.5 Å². The summed E-state index contributed by atoms with van der Waals surface area (Å²) in [5.74, 6) is 1.37. The van der Waals surface area contributed by atoms with Crippen LogP contribution in [0.5, 0.6) is 5.75 Å². The minimum atomic E-state index is 0.481. The third kappa shape index (κ3) is 2.98. The fourth-order valence-corrected chi connectivity index (χ4v) is 2.04. The van der Waals surface area contributed by atoms with E-state index in [-0.39, 0.29) is 0 Å². The fourth-order valence-electron chi connectivity index (χ4n) is 1.84. The van der Waals surface area contributed by atoms with Gasteiger partial charge in [-0.25, -0.2) is 0 Å². The molecule has 2 aromatic carbocycles. The largest absolute Gasteiger partial charge is 0.491 e. The molecule has 0 atom stereocenters. The summed E-state index contributed by atoms with van der Waals surface area (Å²) in [5, 5.41) is 0.731. The Kier molecular flexibility index (Phi) is 4.51. The zero-order valence-electron chi connectivity index (χ0n) is 10.1. The van der Waals surface area contributed by atoms with Crippen LogP contribution in [0.2, 0.25) is 5.02 Å². The van der Waals surface area contributed by atoms with Crippen molar-refractivity contribution in [3.8, 4) is 16.9 Å². The van der Waals surface area contributed by atoms with Gasteiger partial charge in [0.05, 0.1) is 5.88 Å². The van der Waals surface area contributed by atoms with Crippen molar-refractivity contribution in [3.63, 3.8) is 0 Å². The molecule has 94 valence electrons. The highest BCUT2D eigenvalue weighted by Crippen LogP contribution is 2.33. The maximum atomic E-state index is 5.91. The lowest BCUT2D eigenvalue weighted by Crippen LogP contribution is -2.01. The average molecular weight is 281 g/mol. The summed E-state index contributed by atoms with van der Waals surface area (Å²) in [6, 6.07) is 13.8. The van der Waals surface area contributed by atoms with Gasteiger partial charge in [-0.1, -0.05) is 41.9 Å². The molecule has 18 heavy (non-hydrogen) atoms. The molecule has 1 nitrogen and oxygen atoms in total. The van der Waals surface area contributed by atoms with E-state index in [4.69, 9.17) is 27.9 Å². The Bertz CT molecular complexity index is 521. The molecule has 0 radical (unpaired) electrons. The van der Waals surface area contributed by atoms with Crippen molar-refractivity contribution in [2.75, 3.05) is 12.5 Å². The second-order valence-corrected chi connectivity index (χ2v) is 4.81. The van der Waals surface area contributed by atoms with E-state index >= 15 is 0 Å². The Morgan fingerprint density at radius 1 is 1.06 bits per heavy atom. The van der Waals surface area contributed by atoms with Crippen LogP contribution in [0, 0.1) is 6.92 Å². The predicted octanol–water partition coefficient (Wildman–Crippen LogP) is 4.93. The minimum Gasteiger partial charge on any atom is -0.491 e. The number of rotatable bonds is 4. The number of para-hydroxylation sites is 1. The SMILES string of the molecule is Cc1cccc(-c2ccc(Cl)cc2)c1OCCCl. The lowest BCUT2D eigenvalue weighted by molar-refractivity contribution is 0.342. The number of hydrogen-bond donors (Lipinski definition) is 0. The molecule has 0 fully saturated rings. The summed E-state index contributed by atoms with van der Waals surface area (Å²) in [4.78, 5) is 0. The molecule has 0 unspecified atom stereocenters. The normalized spacial score (nSPS) is 10.4. The van der Waals surface area contributed by atoms with E-state index in [0.29, 0.717) is 12.5 Å². The number of benzene rings is 2. The molecule has 2 rings (SSSR count). The van der Waals surface area contributed by atoms with Gasteiger partial charge in [0.25, 0.3) is 0 Å². The average Bonchev–Trinajstić information content (AvgIpc) is 2.38. The van der Waals surface area contributed by atoms with E-state index < -0.39 is 0 Å². The van der Waals surface area contributed by atoms with Crippen molar-refractivity contribution in [2.24, 2.45) is 0 Å². The van der Waals surface area contributed by atoms with E-state index in [1.807, 2.05) is 49.4 Å². The molecule has 0 spiro atoms. The van der Waals surface area contributed by atoms with E-state index in [2.05, 4.69) is 0 Å². The zero-order valence-corrected chi connectivity index (χ0v) is 11.6. The molecule has 0 aliphatic rings. The molecular formula is C15H14Cl2O. The van der Waals surface area contributed by atoms with E-state index in [9.17, 15) is 0 Å². The van der Waals surface area contributed by atoms with Gasteiger partial charge in [0, 0.05) is 10.6 Å². The van der Waals surface area contributed by atoms with Crippen molar-refractivity contribution >= 4 is 23.2 Å². The van der Waals surface area contributed by atoms with Gasteiger partial charge < -0.3 is 4.74 Å². The molecule has 0 N–H and O–H groups in total. The Balaban J connectivity index is 2.43. The first-order valence-electron chi connectivity index (χ1n) is 5.76. The van der Waals surface area contributed by atoms with Crippen LogP contribution < -0.4 is 4.74 Å². The summed E-state index contributed by atoms with van der Waals surface area (Å²) in [5.41, 5.74) is 3.26. The quantitative estimate of drug-likeness (QED) is 0.722. The highest BCUT2D eigenvalue weighted by molar-refractivity contribution is 6.30. The zero-order chi connectivity index (χ0) is 13.0. The van der Waals surface area contributed by atoms with Gasteiger partial charge in [-0.3, -0.25) is 0 Å². The number of aryl methyl sites for hydroxylation is 1. The van der Waals surface area contributed by atoms with Crippen LogP contribution in [0.3, 0.4) is 0 Å². The highest BCUT2D eigenvalue weighted by atomic mass is 35.5. The summed E-state index contributed by atoms with van der Waals surface area (Å²) in [6.45, 7) is 2.54. The first kappa shape index (κ1) is 13.3. The number of alkyl halides is 1. The molecule has 2 aromatic rings. The van der Waals surface area contributed by atoms with Crippen molar-refractivity contribution in [2.45, 2.75) is 6.92 Å². The van der Waals surface area contributed by atoms with Gasteiger partial charge >= 0.3 is 0 Å². The van der Waals surface area contributed by atoms with Gasteiger partial charge in [0.2, 0.25) is 0 Å². The van der Waals surface area contributed by atoms with Crippen molar-refractivity contribution in [1.29, 1.82) is 0 Å². The Labute approximate surface area is 117 Å². The first-order valence-corrected chi connectivity index (χ1v) is 6.68. The summed E-state index contributed by atoms with van der Waals surface area (Å²) in [6.07, 6.45) is 0. The van der Waals surface area contributed by atoms with E-state index in [1.165, 1.54) is 0 Å². The highest BCUT2D eigenvalue weighted by Gasteiger charge is 2.08. The number of hydrogen-bond acceptors (Lipinski definition) is 1. The van der Waals surface area contributed by atoms with E-state index in [1.54, 1.807) is 0 Å². The monoisotopic (exact) mass is 280 g/mol. The second-order valence-electron chi connectivity index (χ2n) is 4.00. The molecule has 0 amide bonds. The first-order chi connectivity index (χ1) is 8.72. The van der Waals surface area contributed by atoms with Gasteiger partial charge in [-0.05, 0) is 30.2 Å². The Morgan fingerprint density at radius 2 is 1.78 bits per heavy atom. The summed E-state index contributed by atoms with van der Waals surface area (Å²) < 4.78 is 5.74. The maximum absolute atomic E-state index is 5.91. The van der Waals surface area contributed by atoms with Gasteiger partial charge in [-0.2, -0.15) is 0 Å². The van der Waals surface area contributed by atoms with Gasteiger partial charge in [-0.15, -0.1) is 11.6 Å². The fraction of sp³-hybridized carbons (Fsp3) is 0.200. The molecule has 0 aliphatic carbocycles. The Hall–Kier alpha value is -1.18. The van der Waals surface area contributed by atoms with Crippen LogP contribution in [0.4, 0.5) is 0 Å². The molecule has 0 saturated heterocycles. The standard InChI is InChI=1S/C15H14Cl2O/c1-11-3-2-4-14(15(11)18-10-9-16)12-5-7-13(17)8-6-12/h2-8H,9-10H2,1H3. The van der Waals surface area contributed by atoms with Crippen LogP contribution >= 0.6 is 23.2 Å². The third-order valence-corrected chi connectivity index (χ3v) is 3.10. The van der Waals surface area contributed by atoms with Gasteiger partial charge in [0.1, 0.15) is 12.4 Å². The number of halogens is 2. The van der Waals surface area contributed by atoms with Crippen LogP contribution in [0.1, 0.15) is 5.56 Å². The van der Waals surface area contributed by atoms with Crippen molar-refractivity contribution < 1.29 is 4.74 Å². The second kappa shape index (κ2) is 6.12. The Morgan fingerprint density at radius 3 is 2.44 bits per heavy atom. The maximum Gasteiger partial charge on any atom is 0.130 e. The molecule has 0 saturated carbocycles. The molecule has 0 heterocycles. The predicted molar refractivity (Wildman–Crippen MR) is 77.8 cm³/mol. The van der Waals surface area contributed by atoms with Crippen LogP contribution in [-0.4, -0.2) is 12.5 Å². The number of ether oxygens (including phenoxy) is 1. The van der Waals surface area contributed by atoms with Crippen LogP contribution in [0.25, 0.3) is 11.1 Å². The van der Waals surface area contributed by atoms with Crippen molar-refractivity contribution in [3.05, 3.63) is 53.1 Å². The molecule has 0 bridgehead atoms. The van der Waals surface area contributed by atoms with Gasteiger partial charge in [0.15, 0.2) is 0 Å². The van der Waals surface area contributed by atoms with Crippen LogP contribution in [-0.2, 0) is 0 Å². The lowest BCUT2D eigenvalue weighted by atomic mass is 10.0. The van der Waals surface area contributed by atoms with Crippen molar-refractivity contribution in [1.82, 2.24) is 0 Å². The molecule has 0 aromatic heterocycles. The molecule has 3 heteroatoms. The summed E-state index contributed by atoms with van der Waals surface area (Å²) in [7, 11) is 0. The topological polar surface area (TPSA) is 9.23 Å². The minimum absolute atomic E-state index is 0.481. The third-order valence-electron chi connectivity index (χ3n) is 2.69. The lowest BCUT2D eigenvalue weighted by Gasteiger charge is -2.13. The van der Waals surface area contributed by atoms with E-state index in [0.717, 1.165) is 27.5 Å². The molecule has 0 aliphatic heterocycles.